The van der Waals surface area contributed by atoms with Gasteiger partial charge in [0.15, 0.2) is 0 Å². The summed E-state index contributed by atoms with van der Waals surface area (Å²) in [7, 11) is 0. The molecule has 0 aliphatic heterocycles. The highest BCUT2D eigenvalue weighted by Crippen LogP contribution is 2.44. The van der Waals surface area contributed by atoms with Crippen molar-refractivity contribution in [3.8, 4) is 17.2 Å². The zero-order chi connectivity index (χ0) is 20.9. The van der Waals surface area contributed by atoms with Crippen LogP contribution in [0.5, 0.6) is 0 Å². The number of ether oxygens (including phenoxy) is 1. The fourth-order valence-electron chi connectivity index (χ4n) is 3.75. The molecule has 148 valence electrons. The summed E-state index contributed by atoms with van der Waals surface area (Å²) in [5, 5.41) is 12.4. The summed E-state index contributed by atoms with van der Waals surface area (Å²) in [6.07, 6.45) is 3.07. The van der Waals surface area contributed by atoms with Gasteiger partial charge in [-0.1, -0.05) is 78.4 Å². The predicted octanol–water partition coefficient (Wildman–Crippen LogP) is 5.76. The summed E-state index contributed by atoms with van der Waals surface area (Å²) in [4.78, 5) is 12.2. The van der Waals surface area contributed by atoms with Gasteiger partial charge in [-0.3, -0.25) is 0 Å². The molecule has 0 heterocycles. The van der Waals surface area contributed by atoms with Crippen LogP contribution in [0.25, 0.3) is 17.2 Å². The molecule has 0 saturated carbocycles. The maximum atomic E-state index is 12.2. The van der Waals surface area contributed by atoms with Crippen molar-refractivity contribution in [1.29, 1.82) is 5.26 Å². The first kappa shape index (κ1) is 19.8. The molecule has 0 spiro atoms. The van der Waals surface area contributed by atoms with Crippen LogP contribution in [0.3, 0.4) is 0 Å². The van der Waals surface area contributed by atoms with Crippen molar-refractivity contribution in [2.75, 3.05) is 13.2 Å². The molecule has 5 heteroatoms. The second-order valence-electron chi connectivity index (χ2n) is 6.95. The van der Waals surface area contributed by atoms with E-state index in [4.69, 9.17) is 21.6 Å². The fourth-order valence-corrected chi connectivity index (χ4v) is 3.92. The number of nitrogens with zero attached hydrogens (tertiary/aromatic N) is 1. The summed E-state index contributed by atoms with van der Waals surface area (Å²) in [5.41, 5.74) is 5.98. The van der Waals surface area contributed by atoms with Gasteiger partial charge in [0.25, 0.3) is 0 Å². The Morgan fingerprint density at radius 2 is 1.73 bits per heavy atom. The lowest BCUT2D eigenvalue weighted by Gasteiger charge is -2.14. The predicted molar refractivity (Wildman–Crippen MR) is 118 cm³/mol. The largest absolute Gasteiger partial charge is 0.449 e. The third-order valence-electron chi connectivity index (χ3n) is 5.14. The van der Waals surface area contributed by atoms with Crippen LogP contribution in [0.4, 0.5) is 4.79 Å². The van der Waals surface area contributed by atoms with Crippen LogP contribution in [-0.2, 0) is 4.74 Å². The third-order valence-corrected chi connectivity index (χ3v) is 5.38. The number of amides is 1. The van der Waals surface area contributed by atoms with E-state index in [0.29, 0.717) is 17.1 Å². The van der Waals surface area contributed by atoms with E-state index in [9.17, 15) is 4.79 Å². The molecular weight excluding hydrogens is 396 g/mol. The monoisotopic (exact) mass is 414 g/mol. The van der Waals surface area contributed by atoms with Crippen molar-refractivity contribution in [2.45, 2.75) is 5.92 Å². The number of halogens is 1. The molecule has 0 aromatic heterocycles. The molecule has 0 atom stereocenters. The lowest BCUT2D eigenvalue weighted by Crippen LogP contribution is -2.26. The quantitative estimate of drug-likeness (QED) is 0.577. The van der Waals surface area contributed by atoms with Crippen LogP contribution >= 0.6 is 11.6 Å². The standard InChI is InChI=1S/C25H19ClN2O2/c26-19-12-11-17(18(14-19)15-27)6-5-13-28-25(29)30-16-24-22-9-3-1-7-20(22)21-8-2-4-10-23(21)24/h1-12,14,24H,13,16H2,(H,28,29). The van der Waals surface area contributed by atoms with E-state index in [1.54, 1.807) is 30.4 Å². The van der Waals surface area contributed by atoms with E-state index in [-0.39, 0.29) is 12.5 Å². The molecule has 1 N–H and O–H groups in total. The number of hydrogen-bond acceptors (Lipinski definition) is 3. The van der Waals surface area contributed by atoms with Crippen molar-refractivity contribution in [2.24, 2.45) is 0 Å². The number of nitriles is 1. The number of rotatable bonds is 5. The molecule has 4 rings (SSSR count). The van der Waals surface area contributed by atoms with Gasteiger partial charge in [-0.25, -0.2) is 4.79 Å². The van der Waals surface area contributed by atoms with Crippen molar-refractivity contribution in [3.05, 3.63) is 100 Å². The Balaban J connectivity index is 1.34. The molecule has 3 aromatic rings. The van der Waals surface area contributed by atoms with Gasteiger partial charge in [-0.05, 0) is 39.9 Å². The first-order valence-corrected chi connectivity index (χ1v) is 10.00. The summed E-state index contributed by atoms with van der Waals surface area (Å²) in [5.74, 6) is 0.0333. The van der Waals surface area contributed by atoms with Gasteiger partial charge in [-0.2, -0.15) is 5.26 Å². The van der Waals surface area contributed by atoms with Crippen LogP contribution in [0.2, 0.25) is 5.02 Å². The number of benzene rings is 3. The van der Waals surface area contributed by atoms with Crippen LogP contribution in [-0.4, -0.2) is 19.2 Å². The second-order valence-corrected chi connectivity index (χ2v) is 7.39. The normalized spacial score (nSPS) is 12.3. The number of nitrogens with one attached hydrogen (secondary N) is 1. The highest BCUT2D eigenvalue weighted by atomic mass is 35.5. The molecule has 1 aliphatic rings. The first-order chi connectivity index (χ1) is 14.7. The van der Waals surface area contributed by atoms with Crippen molar-refractivity contribution in [1.82, 2.24) is 5.32 Å². The van der Waals surface area contributed by atoms with E-state index in [1.165, 1.54) is 22.3 Å². The van der Waals surface area contributed by atoms with Crippen LogP contribution in [0.1, 0.15) is 28.2 Å². The zero-order valence-electron chi connectivity index (χ0n) is 16.1. The minimum Gasteiger partial charge on any atom is -0.449 e. The van der Waals surface area contributed by atoms with E-state index >= 15 is 0 Å². The molecular formula is C25H19ClN2O2. The Labute approximate surface area is 180 Å². The summed E-state index contributed by atoms with van der Waals surface area (Å²) in [6.45, 7) is 0.573. The Morgan fingerprint density at radius 3 is 2.40 bits per heavy atom. The van der Waals surface area contributed by atoms with Gasteiger partial charge in [-0.15, -0.1) is 0 Å². The zero-order valence-corrected chi connectivity index (χ0v) is 16.9. The van der Waals surface area contributed by atoms with Gasteiger partial charge < -0.3 is 10.1 Å². The maximum absolute atomic E-state index is 12.2. The van der Waals surface area contributed by atoms with Gasteiger partial charge in [0.05, 0.1) is 11.6 Å². The first-order valence-electron chi connectivity index (χ1n) is 9.62. The molecule has 3 aromatic carbocycles. The Morgan fingerprint density at radius 1 is 1.07 bits per heavy atom. The van der Waals surface area contributed by atoms with Crippen molar-refractivity contribution < 1.29 is 9.53 Å². The van der Waals surface area contributed by atoms with Gasteiger partial charge in [0.2, 0.25) is 0 Å². The summed E-state index contributed by atoms with van der Waals surface area (Å²) < 4.78 is 5.50. The molecule has 0 fully saturated rings. The van der Waals surface area contributed by atoms with Crippen LogP contribution in [0.15, 0.2) is 72.8 Å². The van der Waals surface area contributed by atoms with Gasteiger partial charge in [0, 0.05) is 17.5 Å². The molecule has 30 heavy (non-hydrogen) atoms. The number of carbonyl (C=O) groups excluding carboxylic acids is 1. The lowest BCUT2D eigenvalue weighted by molar-refractivity contribution is 0.144. The average molecular weight is 415 g/mol. The van der Waals surface area contributed by atoms with E-state index < -0.39 is 6.09 Å². The SMILES string of the molecule is N#Cc1cc(Cl)ccc1C=CCNC(=O)OCC1c2ccccc2-c2ccccc21. The number of fused-ring (bicyclic) bond motifs is 3. The average Bonchev–Trinajstić information content (AvgIpc) is 3.10. The van der Waals surface area contributed by atoms with Crippen LogP contribution < -0.4 is 5.32 Å². The Kier molecular flexibility index (Phi) is 5.83. The number of alkyl carbamates (subject to hydrolysis) is 1. The molecule has 4 nitrogen and oxygen atoms in total. The lowest BCUT2D eigenvalue weighted by atomic mass is 9.98. The highest BCUT2D eigenvalue weighted by Gasteiger charge is 2.28. The topological polar surface area (TPSA) is 62.1 Å². The fraction of sp³-hybridized carbons (Fsp3) is 0.120. The molecule has 0 bridgehead atoms. The number of hydrogen-bond donors (Lipinski definition) is 1. The number of carbonyl (C=O) groups is 1. The minimum absolute atomic E-state index is 0.0333. The maximum Gasteiger partial charge on any atom is 0.407 e. The smallest absolute Gasteiger partial charge is 0.407 e. The Hall–Kier alpha value is -3.55. The molecule has 1 aliphatic carbocycles. The third kappa shape index (κ3) is 4.07. The Bertz CT molecular complexity index is 1120. The summed E-state index contributed by atoms with van der Waals surface area (Å²) in [6, 6.07) is 23.7. The summed E-state index contributed by atoms with van der Waals surface area (Å²) >= 11 is 5.90. The molecule has 1 amide bonds. The van der Waals surface area contributed by atoms with Crippen molar-refractivity contribution >= 4 is 23.8 Å². The second kappa shape index (κ2) is 8.86. The van der Waals surface area contributed by atoms with Gasteiger partial charge >= 0.3 is 6.09 Å². The van der Waals surface area contributed by atoms with E-state index in [0.717, 1.165) is 5.56 Å². The van der Waals surface area contributed by atoms with Crippen molar-refractivity contribution in [3.63, 3.8) is 0 Å². The van der Waals surface area contributed by atoms with Crippen LogP contribution in [0, 0.1) is 11.3 Å². The van der Waals surface area contributed by atoms with E-state index in [2.05, 4.69) is 35.7 Å². The van der Waals surface area contributed by atoms with Gasteiger partial charge in [0.1, 0.15) is 6.61 Å². The molecule has 0 radical (unpaired) electrons. The van der Waals surface area contributed by atoms with E-state index in [1.807, 2.05) is 24.3 Å². The molecule has 0 saturated heterocycles. The highest BCUT2D eigenvalue weighted by molar-refractivity contribution is 6.30. The minimum atomic E-state index is -0.474. The molecule has 0 unspecified atom stereocenters.